The molecule has 2 aromatic rings. The Kier molecular flexibility index (Phi) is 6.16. The average molecular weight is 321 g/mol. The summed E-state index contributed by atoms with van der Waals surface area (Å²) in [4.78, 5) is 0. The first-order chi connectivity index (χ1) is 9.04. The van der Waals surface area contributed by atoms with Crippen LogP contribution in [0.1, 0.15) is 11.1 Å². The van der Waals surface area contributed by atoms with Crippen molar-refractivity contribution in [3.05, 3.63) is 70.7 Å². The first-order valence-corrected chi connectivity index (χ1v) is 6.66. The molecule has 19 heavy (non-hydrogen) atoms. The Balaban J connectivity index is 0.000000191. The Morgan fingerprint density at radius 2 is 1.79 bits per heavy atom. The number of allylic oxidation sites excluding steroid dienone is 1. The molecule has 0 radical (unpaired) electrons. The first kappa shape index (κ1) is 15.3. The maximum absolute atomic E-state index is 9.19. The van der Waals surface area contributed by atoms with Gasteiger partial charge >= 0.3 is 0 Å². The second-order valence-electron chi connectivity index (χ2n) is 4.08. The third-order valence-corrected chi connectivity index (χ3v) is 3.09. The predicted octanol–water partition coefficient (Wildman–Crippen LogP) is 4.58. The second-order valence-corrected chi connectivity index (χ2v) is 4.93. The summed E-state index contributed by atoms with van der Waals surface area (Å²) in [5, 5.41) is 18.2. The van der Waals surface area contributed by atoms with Crippen LogP contribution < -0.4 is 0 Å². The van der Waals surface area contributed by atoms with Gasteiger partial charge in [-0.1, -0.05) is 30.3 Å². The van der Waals surface area contributed by atoms with Gasteiger partial charge in [0, 0.05) is 0 Å². The summed E-state index contributed by atoms with van der Waals surface area (Å²) in [6.45, 7) is 5.56. The molecule has 100 valence electrons. The zero-order valence-electron chi connectivity index (χ0n) is 10.8. The number of hydrogen-bond acceptors (Lipinski definition) is 2. The van der Waals surface area contributed by atoms with Gasteiger partial charge < -0.3 is 10.2 Å². The number of phenolic OH excluding ortho intramolecular Hbond substituents is 2. The van der Waals surface area contributed by atoms with E-state index in [0.717, 1.165) is 22.0 Å². The van der Waals surface area contributed by atoms with E-state index in [0.29, 0.717) is 11.5 Å². The van der Waals surface area contributed by atoms with Gasteiger partial charge in [0.15, 0.2) is 0 Å². The van der Waals surface area contributed by atoms with Gasteiger partial charge in [-0.25, -0.2) is 0 Å². The first-order valence-electron chi connectivity index (χ1n) is 5.87. The Bertz CT molecular complexity index is 550. The van der Waals surface area contributed by atoms with Crippen LogP contribution in [-0.2, 0) is 6.42 Å². The largest absolute Gasteiger partial charge is 0.508 e. The molecule has 3 heteroatoms. The monoisotopic (exact) mass is 320 g/mol. The summed E-state index contributed by atoms with van der Waals surface area (Å²) in [5.74, 6) is 0.642. The minimum atomic E-state index is 0.292. The zero-order valence-corrected chi connectivity index (χ0v) is 12.4. The number of aryl methyl sites for hydroxylation is 1. The van der Waals surface area contributed by atoms with Crippen molar-refractivity contribution in [2.24, 2.45) is 0 Å². The molecule has 0 spiro atoms. The fourth-order valence-corrected chi connectivity index (χ4v) is 1.94. The van der Waals surface area contributed by atoms with Crippen molar-refractivity contribution < 1.29 is 10.2 Å². The molecule has 0 bridgehead atoms. The lowest BCUT2D eigenvalue weighted by atomic mass is 10.1. The van der Waals surface area contributed by atoms with Gasteiger partial charge in [0.25, 0.3) is 0 Å². The van der Waals surface area contributed by atoms with E-state index in [1.54, 1.807) is 18.2 Å². The molecule has 0 unspecified atom stereocenters. The smallest absolute Gasteiger partial charge is 0.129 e. The van der Waals surface area contributed by atoms with Gasteiger partial charge in [-0.15, -0.1) is 6.58 Å². The molecule has 0 atom stereocenters. The fraction of sp³-hybridized carbons (Fsp3) is 0.125. The minimum Gasteiger partial charge on any atom is -0.508 e. The average Bonchev–Trinajstić information content (AvgIpc) is 2.38. The normalized spacial score (nSPS) is 9.37. The van der Waals surface area contributed by atoms with Gasteiger partial charge in [-0.05, 0) is 58.6 Å². The van der Waals surface area contributed by atoms with Crippen LogP contribution in [0.15, 0.2) is 59.6 Å². The third-order valence-electron chi connectivity index (χ3n) is 2.46. The SMILES string of the molecule is C=CCc1ccccc1O.Cc1ccc(O)c(Br)c1. The summed E-state index contributed by atoms with van der Waals surface area (Å²) in [7, 11) is 0. The predicted molar refractivity (Wildman–Crippen MR) is 82.6 cm³/mol. The molecule has 0 heterocycles. The molecule has 0 saturated heterocycles. The highest BCUT2D eigenvalue weighted by Crippen LogP contribution is 2.23. The van der Waals surface area contributed by atoms with Crippen molar-refractivity contribution in [1.82, 2.24) is 0 Å². The van der Waals surface area contributed by atoms with E-state index < -0.39 is 0 Å². The lowest BCUT2D eigenvalue weighted by Gasteiger charge is -1.97. The van der Waals surface area contributed by atoms with E-state index in [1.807, 2.05) is 37.3 Å². The van der Waals surface area contributed by atoms with Gasteiger partial charge in [-0.2, -0.15) is 0 Å². The van der Waals surface area contributed by atoms with Crippen LogP contribution in [0.5, 0.6) is 11.5 Å². The lowest BCUT2D eigenvalue weighted by Crippen LogP contribution is -1.79. The summed E-state index contributed by atoms with van der Waals surface area (Å²) < 4.78 is 0.752. The van der Waals surface area contributed by atoms with E-state index in [2.05, 4.69) is 22.5 Å². The quantitative estimate of drug-likeness (QED) is 0.795. The van der Waals surface area contributed by atoms with Gasteiger partial charge in [0.2, 0.25) is 0 Å². The van der Waals surface area contributed by atoms with Crippen LogP contribution in [-0.4, -0.2) is 10.2 Å². The maximum Gasteiger partial charge on any atom is 0.129 e. The lowest BCUT2D eigenvalue weighted by molar-refractivity contribution is 0.469. The molecule has 0 amide bonds. The molecule has 2 N–H and O–H groups in total. The second kappa shape index (κ2) is 7.64. The molecular weight excluding hydrogens is 304 g/mol. The molecule has 2 rings (SSSR count). The van der Waals surface area contributed by atoms with Crippen LogP contribution in [0, 0.1) is 6.92 Å². The Morgan fingerprint density at radius 1 is 1.11 bits per heavy atom. The van der Waals surface area contributed by atoms with Gasteiger partial charge in [0.05, 0.1) is 4.47 Å². The number of aromatic hydroxyl groups is 2. The van der Waals surface area contributed by atoms with Crippen molar-refractivity contribution in [2.45, 2.75) is 13.3 Å². The van der Waals surface area contributed by atoms with Crippen LogP contribution in [0.4, 0.5) is 0 Å². The molecule has 0 aliphatic rings. The molecule has 0 aliphatic heterocycles. The Labute approximate surface area is 122 Å². The van der Waals surface area contributed by atoms with E-state index in [1.165, 1.54) is 0 Å². The number of rotatable bonds is 2. The Morgan fingerprint density at radius 3 is 2.32 bits per heavy atom. The molecule has 2 aromatic carbocycles. The standard InChI is InChI=1S/C9H10O.C7H7BrO/c1-2-5-8-6-3-4-7-9(8)10;1-5-2-3-7(9)6(8)4-5/h2-4,6-7,10H,1,5H2;2-4,9H,1H3. The molecule has 0 fully saturated rings. The summed E-state index contributed by atoms with van der Waals surface area (Å²) in [6.07, 6.45) is 2.50. The highest BCUT2D eigenvalue weighted by molar-refractivity contribution is 9.10. The van der Waals surface area contributed by atoms with Crippen molar-refractivity contribution in [1.29, 1.82) is 0 Å². The van der Waals surface area contributed by atoms with Crippen molar-refractivity contribution in [3.63, 3.8) is 0 Å². The molecule has 0 saturated carbocycles. The fourth-order valence-electron chi connectivity index (χ4n) is 1.45. The number of hydrogen-bond donors (Lipinski definition) is 2. The summed E-state index contributed by atoms with van der Waals surface area (Å²) >= 11 is 3.20. The van der Waals surface area contributed by atoms with Crippen molar-refractivity contribution >= 4 is 15.9 Å². The van der Waals surface area contributed by atoms with Gasteiger partial charge in [0.1, 0.15) is 11.5 Å². The van der Waals surface area contributed by atoms with Crippen LogP contribution in [0.3, 0.4) is 0 Å². The van der Waals surface area contributed by atoms with Crippen molar-refractivity contribution in [3.8, 4) is 11.5 Å². The highest BCUT2D eigenvalue weighted by atomic mass is 79.9. The number of phenols is 2. The number of para-hydroxylation sites is 1. The zero-order chi connectivity index (χ0) is 14.3. The van der Waals surface area contributed by atoms with Crippen LogP contribution in [0.25, 0.3) is 0 Å². The topological polar surface area (TPSA) is 40.5 Å². The highest BCUT2D eigenvalue weighted by Gasteiger charge is 1.94. The summed E-state index contributed by atoms with van der Waals surface area (Å²) in [6, 6.07) is 12.7. The van der Waals surface area contributed by atoms with Gasteiger partial charge in [-0.3, -0.25) is 0 Å². The van der Waals surface area contributed by atoms with E-state index in [9.17, 15) is 5.11 Å². The molecule has 2 nitrogen and oxygen atoms in total. The Hall–Kier alpha value is -1.74. The minimum absolute atomic E-state index is 0.292. The van der Waals surface area contributed by atoms with Crippen LogP contribution in [0.2, 0.25) is 0 Å². The third kappa shape index (κ3) is 5.18. The maximum atomic E-state index is 9.19. The number of benzene rings is 2. The molecular formula is C16H17BrO2. The summed E-state index contributed by atoms with van der Waals surface area (Å²) in [5.41, 5.74) is 2.07. The number of halogens is 1. The van der Waals surface area contributed by atoms with Crippen LogP contribution >= 0.6 is 15.9 Å². The van der Waals surface area contributed by atoms with E-state index >= 15 is 0 Å². The van der Waals surface area contributed by atoms with E-state index in [4.69, 9.17) is 5.11 Å². The van der Waals surface area contributed by atoms with Crippen molar-refractivity contribution in [2.75, 3.05) is 0 Å². The molecule has 0 aliphatic carbocycles. The van der Waals surface area contributed by atoms with E-state index in [-0.39, 0.29) is 0 Å². The molecule has 0 aromatic heterocycles.